The largest absolute Gasteiger partial charge is 0.368 e. The summed E-state index contributed by atoms with van der Waals surface area (Å²) in [6.07, 6.45) is 2.02. The number of nitrogen functional groups attached to an aromatic ring is 1. The summed E-state index contributed by atoms with van der Waals surface area (Å²) in [4.78, 5) is 28.8. The van der Waals surface area contributed by atoms with E-state index in [1.807, 2.05) is 0 Å². The minimum Gasteiger partial charge on any atom is -0.368 e. The quantitative estimate of drug-likeness (QED) is 0.627. The van der Waals surface area contributed by atoms with Crippen LogP contribution in [-0.2, 0) is 4.79 Å². The average Bonchev–Trinajstić information content (AvgIpc) is 2.16. The Hall–Kier alpha value is -1.98. The molecule has 0 aromatic carbocycles. The molecule has 1 amide bonds. The Morgan fingerprint density at radius 3 is 2.79 bits per heavy atom. The van der Waals surface area contributed by atoms with Crippen molar-refractivity contribution in [3.05, 3.63) is 17.5 Å². The highest BCUT2D eigenvalue weighted by atomic mass is 16.1. The minimum absolute atomic E-state index is 0.00269. The zero-order valence-electron chi connectivity index (χ0n) is 7.60. The first-order valence-electron chi connectivity index (χ1n) is 3.93. The van der Waals surface area contributed by atoms with Crippen molar-refractivity contribution in [3.63, 3.8) is 0 Å². The number of aldehydes is 1. The molecule has 4 N–H and O–H groups in total. The van der Waals surface area contributed by atoms with Crippen LogP contribution >= 0.6 is 0 Å². The second-order valence-electron chi connectivity index (χ2n) is 2.82. The molecule has 14 heavy (non-hydrogen) atoms. The second kappa shape index (κ2) is 3.82. The van der Waals surface area contributed by atoms with Gasteiger partial charge in [0.1, 0.15) is 12.0 Å². The van der Waals surface area contributed by atoms with E-state index >= 15 is 0 Å². The predicted octanol–water partition coefficient (Wildman–Crippen LogP) is -0.540. The van der Waals surface area contributed by atoms with Gasteiger partial charge in [-0.15, -0.1) is 0 Å². The van der Waals surface area contributed by atoms with Crippen molar-refractivity contribution in [2.45, 2.75) is 12.8 Å². The number of aromatic nitrogens is 2. The molecular weight excluding hydrogens is 184 g/mol. The fraction of sp³-hybridized carbons (Fsp3) is 0.250. The molecule has 0 aliphatic rings. The number of primary amides is 1. The number of hydrogen-bond acceptors (Lipinski definition) is 5. The van der Waals surface area contributed by atoms with Crippen molar-refractivity contribution >= 4 is 18.1 Å². The lowest BCUT2D eigenvalue weighted by Gasteiger charge is -2.07. The van der Waals surface area contributed by atoms with Crippen LogP contribution in [0.2, 0.25) is 0 Å². The maximum Gasteiger partial charge on any atom is 0.267 e. The molecule has 1 atom stereocenters. The van der Waals surface area contributed by atoms with E-state index in [4.69, 9.17) is 11.5 Å². The van der Waals surface area contributed by atoms with Crippen LogP contribution in [0.1, 0.15) is 28.9 Å². The van der Waals surface area contributed by atoms with E-state index in [-0.39, 0.29) is 11.6 Å². The zero-order valence-corrected chi connectivity index (χ0v) is 7.60. The van der Waals surface area contributed by atoms with Crippen LogP contribution in [0.4, 0.5) is 5.95 Å². The van der Waals surface area contributed by atoms with Gasteiger partial charge in [0.15, 0.2) is 0 Å². The lowest BCUT2D eigenvalue weighted by Crippen LogP contribution is -2.19. The van der Waals surface area contributed by atoms with Gasteiger partial charge in [-0.3, -0.25) is 4.79 Å². The van der Waals surface area contributed by atoms with Gasteiger partial charge in [-0.05, 0) is 0 Å². The Kier molecular flexibility index (Phi) is 2.76. The molecule has 0 fully saturated rings. The van der Waals surface area contributed by atoms with Crippen LogP contribution in [0, 0.1) is 0 Å². The number of anilines is 1. The topological polar surface area (TPSA) is 112 Å². The maximum absolute atomic E-state index is 11.0. The first kappa shape index (κ1) is 10.1. The SMILES string of the molecule is CC(C=O)c1cnc(N)nc1C(N)=O. The lowest BCUT2D eigenvalue weighted by molar-refractivity contribution is -0.108. The Labute approximate surface area is 80.3 Å². The minimum atomic E-state index is -0.720. The highest BCUT2D eigenvalue weighted by Gasteiger charge is 2.16. The number of nitrogens with two attached hydrogens (primary N) is 2. The van der Waals surface area contributed by atoms with Crippen LogP contribution < -0.4 is 11.5 Å². The van der Waals surface area contributed by atoms with Crippen LogP contribution in [0.25, 0.3) is 0 Å². The fourth-order valence-electron chi connectivity index (χ4n) is 1.01. The number of nitrogens with zero attached hydrogens (tertiary/aromatic N) is 2. The first-order chi connectivity index (χ1) is 6.56. The summed E-state index contributed by atoms with van der Waals surface area (Å²) in [6, 6.07) is 0. The smallest absolute Gasteiger partial charge is 0.267 e. The van der Waals surface area contributed by atoms with Gasteiger partial charge in [0, 0.05) is 17.7 Å². The Balaban J connectivity index is 3.28. The van der Waals surface area contributed by atoms with Gasteiger partial charge in [-0.25, -0.2) is 9.97 Å². The van der Waals surface area contributed by atoms with E-state index in [1.165, 1.54) is 6.20 Å². The van der Waals surface area contributed by atoms with E-state index < -0.39 is 11.8 Å². The Morgan fingerprint density at radius 2 is 2.29 bits per heavy atom. The summed E-state index contributed by atoms with van der Waals surface area (Å²) in [5.74, 6) is -1.23. The van der Waals surface area contributed by atoms with Gasteiger partial charge >= 0.3 is 0 Å². The average molecular weight is 194 g/mol. The van der Waals surface area contributed by atoms with Gasteiger partial charge in [-0.2, -0.15) is 0 Å². The van der Waals surface area contributed by atoms with E-state index in [2.05, 4.69) is 9.97 Å². The van der Waals surface area contributed by atoms with Gasteiger partial charge in [-0.1, -0.05) is 6.92 Å². The molecule has 74 valence electrons. The Bertz CT molecular complexity index is 378. The monoisotopic (exact) mass is 194 g/mol. The molecule has 0 saturated heterocycles. The van der Waals surface area contributed by atoms with Crippen LogP contribution in [0.5, 0.6) is 0 Å². The molecule has 0 aliphatic carbocycles. The standard InChI is InChI=1S/C8H10N4O2/c1-4(3-13)5-2-11-8(10)12-6(5)7(9)14/h2-4H,1H3,(H2,9,14)(H2,10,11,12). The van der Waals surface area contributed by atoms with E-state index in [0.717, 1.165) is 0 Å². The number of carbonyl (C=O) groups excluding carboxylic acids is 2. The maximum atomic E-state index is 11.0. The third-order valence-electron chi connectivity index (χ3n) is 1.76. The molecule has 0 spiro atoms. The first-order valence-corrected chi connectivity index (χ1v) is 3.93. The molecule has 1 unspecified atom stereocenters. The fourth-order valence-corrected chi connectivity index (χ4v) is 1.01. The summed E-state index contributed by atoms with van der Waals surface area (Å²) in [7, 11) is 0. The summed E-state index contributed by atoms with van der Waals surface area (Å²) in [5.41, 5.74) is 10.8. The number of hydrogen-bond donors (Lipinski definition) is 2. The highest BCUT2D eigenvalue weighted by Crippen LogP contribution is 2.15. The van der Waals surface area contributed by atoms with Crippen LogP contribution in [0.3, 0.4) is 0 Å². The molecule has 1 aromatic rings. The van der Waals surface area contributed by atoms with Gasteiger partial charge in [0.25, 0.3) is 5.91 Å². The molecule has 0 saturated carbocycles. The number of amides is 1. The third-order valence-corrected chi connectivity index (χ3v) is 1.76. The molecule has 1 rings (SSSR count). The van der Waals surface area contributed by atoms with Gasteiger partial charge in [0.05, 0.1) is 0 Å². The summed E-state index contributed by atoms with van der Waals surface area (Å²) in [5, 5.41) is 0. The number of rotatable bonds is 3. The highest BCUT2D eigenvalue weighted by molar-refractivity contribution is 5.93. The predicted molar refractivity (Wildman–Crippen MR) is 49.4 cm³/mol. The summed E-state index contributed by atoms with van der Waals surface area (Å²) < 4.78 is 0. The molecule has 0 aliphatic heterocycles. The molecule has 1 aromatic heterocycles. The van der Waals surface area contributed by atoms with Crippen molar-refractivity contribution in [1.29, 1.82) is 0 Å². The summed E-state index contributed by atoms with van der Waals surface area (Å²) >= 11 is 0. The number of carbonyl (C=O) groups is 2. The van der Waals surface area contributed by atoms with E-state index in [1.54, 1.807) is 6.92 Å². The molecule has 0 bridgehead atoms. The molecular formula is C8H10N4O2. The summed E-state index contributed by atoms with van der Waals surface area (Å²) in [6.45, 7) is 1.62. The normalized spacial score (nSPS) is 12.1. The third kappa shape index (κ3) is 1.85. The van der Waals surface area contributed by atoms with Crippen molar-refractivity contribution in [1.82, 2.24) is 9.97 Å². The van der Waals surface area contributed by atoms with Gasteiger partial charge in [0.2, 0.25) is 5.95 Å². The van der Waals surface area contributed by atoms with Crippen LogP contribution in [-0.4, -0.2) is 22.2 Å². The molecule has 6 nitrogen and oxygen atoms in total. The van der Waals surface area contributed by atoms with Gasteiger partial charge < -0.3 is 16.3 Å². The molecule has 0 radical (unpaired) electrons. The molecule has 6 heteroatoms. The van der Waals surface area contributed by atoms with Crippen LogP contribution in [0.15, 0.2) is 6.20 Å². The van der Waals surface area contributed by atoms with Crippen molar-refractivity contribution in [2.24, 2.45) is 5.73 Å². The lowest BCUT2D eigenvalue weighted by atomic mass is 10.0. The zero-order chi connectivity index (χ0) is 10.7. The Morgan fingerprint density at radius 1 is 1.64 bits per heavy atom. The van der Waals surface area contributed by atoms with E-state index in [9.17, 15) is 9.59 Å². The second-order valence-corrected chi connectivity index (χ2v) is 2.82. The van der Waals surface area contributed by atoms with Crippen molar-refractivity contribution in [2.75, 3.05) is 5.73 Å². The van der Waals surface area contributed by atoms with Crippen molar-refractivity contribution < 1.29 is 9.59 Å². The molecule has 1 heterocycles. The van der Waals surface area contributed by atoms with E-state index in [0.29, 0.717) is 11.8 Å². The van der Waals surface area contributed by atoms with Crippen molar-refractivity contribution in [3.8, 4) is 0 Å².